The normalized spacial score (nSPS) is 15.0. The van der Waals surface area contributed by atoms with Crippen molar-refractivity contribution < 1.29 is 9.47 Å². The molecule has 0 radical (unpaired) electrons. The Morgan fingerprint density at radius 3 is 0.613 bits per heavy atom. The molecule has 8 aromatic rings. The van der Waals surface area contributed by atoms with Crippen molar-refractivity contribution in [2.75, 3.05) is 0 Å². The maximum Gasteiger partial charge on any atom is 0.127 e. The monoisotopic (exact) mass is 804 g/mol. The van der Waals surface area contributed by atoms with Gasteiger partial charge >= 0.3 is 0 Å². The summed E-state index contributed by atoms with van der Waals surface area (Å²) in [6.45, 7) is 17.5. The second-order valence-corrected chi connectivity index (χ2v) is 17.1. The number of rotatable bonds is 4. The van der Waals surface area contributed by atoms with E-state index in [-0.39, 0.29) is 0 Å². The van der Waals surface area contributed by atoms with Gasteiger partial charge in [0.2, 0.25) is 0 Å². The van der Waals surface area contributed by atoms with Gasteiger partial charge in [-0.25, -0.2) is 0 Å². The molecule has 0 atom stereocenters. The lowest BCUT2D eigenvalue weighted by molar-refractivity contribution is 0.482. The molecule has 8 bridgehead atoms. The van der Waals surface area contributed by atoms with Crippen LogP contribution in [0.3, 0.4) is 0 Å². The average molecular weight is 805 g/mol. The van der Waals surface area contributed by atoms with E-state index in [2.05, 4.69) is 225 Å². The molecule has 0 unspecified atom stereocenters. The van der Waals surface area contributed by atoms with Gasteiger partial charge in [-0.05, 0) is 193 Å². The molecule has 8 aromatic carbocycles. The van der Waals surface area contributed by atoms with Crippen LogP contribution in [0.2, 0.25) is 0 Å². The van der Waals surface area contributed by atoms with E-state index < -0.39 is 0 Å². The zero-order valence-electron chi connectivity index (χ0n) is 37.0. The number of hydrogen-bond donors (Lipinski definition) is 0. The lowest BCUT2D eigenvalue weighted by Gasteiger charge is -2.22. The van der Waals surface area contributed by atoms with Gasteiger partial charge in [-0.15, -0.1) is 0 Å². The smallest absolute Gasteiger partial charge is 0.127 e. The fraction of sp³-hybridized carbons (Fsp3) is 0.133. The molecule has 7 aliphatic rings. The van der Waals surface area contributed by atoms with Crippen LogP contribution in [0.4, 0.5) is 0 Å². The minimum atomic E-state index is 0.778. The van der Waals surface area contributed by atoms with Gasteiger partial charge in [0.15, 0.2) is 0 Å². The van der Waals surface area contributed by atoms with Gasteiger partial charge in [0.05, 0.1) is 0 Å². The van der Waals surface area contributed by atoms with E-state index in [4.69, 9.17) is 9.47 Å². The molecule has 0 saturated carbocycles. The average Bonchev–Trinajstić information content (AvgIpc) is 3.27. The topological polar surface area (TPSA) is 18.5 Å². The summed E-state index contributed by atoms with van der Waals surface area (Å²) in [5.74, 6) is 3.11. The van der Waals surface area contributed by atoms with Crippen LogP contribution in [0.1, 0.15) is 89.0 Å². The zero-order chi connectivity index (χ0) is 43.1. The SMILES string of the molecule is Cc1ccc(C)c(/C2=C(\c3cc(C)ccc3C)c3ccc(cc3)Oc3ccc(cc3)/C(c3cc(C)ccc3C)=C(/c3cc(C)ccc3C)c3ccc(cc3)Oc3ccc2cc3)c1. The number of aryl methyl sites for hydroxylation is 8. The molecule has 0 saturated heterocycles. The Labute approximate surface area is 367 Å². The minimum Gasteiger partial charge on any atom is -0.457 e. The summed E-state index contributed by atoms with van der Waals surface area (Å²) in [6, 6.07) is 61.4. The summed E-state index contributed by atoms with van der Waals surface area (Å²) < 4.78 is 13.3. The second-order valence-electron chi connectivity index (χ2n) is 17.1. The van der Waals surface area contributed by atoms with Crippen molar-refractivity contribution in [3.05, 3.63) is 259 Å². The zero-order valence-corrected chi connectivity index (χ0v) is 37.0. The van der Waals surface area contributed by atoms with Crippen LogP contribution in [0.25, 0.3) is 22.3 Å². The highest BCUT2D eigenvalue weighted by Crippen LogP contribution is 2.43. The minimum absolute atomic E-state index is 0.778. The molecule has 0 aromatic heterocycles. The maximum atomic E-state index is 6.65. The highest BCUT2D eigenvalue weighted by Gasteiger charge is 2.22. The molecular formula is C60H52O2. The molecule has 0 aliphatic carbocycles. The Kier molecular flexibility index (Phi) is 10.9. The van der Waals surface area contributed by atoms with Gasteiger partial charge < -0.3 is 9.47 Å². The Bertz CT molecular complexity index is 2620. The second kappa shape index (κ2) is 16.7. The molecule has 7 heterocycles. The first-order chi connectivity index (χ1) is 30.0. The summed E-state index contributed by atoms with van der Waals surface area (Å²) in [5.41, 5.74) is 23.7. The van der Waals surface area contributed by atoms with Crippen molar-refractivity contribution >= 4 is 22.3 Å². The van der Waals surface area contributed by atoms with Crippen LogP contribution in [0.5, 0.6) is 23.0 Å². The molecule has 0 fully saturated rings. The number of ether oxygens (including phenoxy) is 2. The lowest BCUT2D eigenvalue weighted by atomic mass is 9.82. The molecule has 7 aliphatic heterocycles. The number of hydrogen-bond acceptors (Lipinski definition) is 2. The van der Waals surface area contributed by atoms with E-state index in [1.54, 1.807) is 0 Å². The summed E-state index contributed by atoms with van der Waals surface area (Å²) in [4.78, 5) is 0. The highest BCUT2D eigenvalue weighted by molar-refractivity contribution is 6.07. The highest BCUT2D eigenvalue weighted by atomic mass is 16.5. The molecular weight excluding hydrogens is 753 g/mol. The van der Waals surface area contributed by atoms with E-state index >= 15 is 0 Å². The molecule has 0 N–H and O–H groups in total. The Morgan fingerprint density at radius 2 is 0.419 bits per heavy atom. The van der Waals surface area contributed by atoms with Crippen molar-refractivity contribution in [2.24, 2.45) is 0 Å². The van der Waals surface area contributed by atoms with Crippen molar-refractivity contribution in [3.63, 3.8) is 0 Å². The summed E-state index contributed by atoms with van der Waals surface area (Å²) in [7, 11) is 0. The van der Waals surface area contributed by atoms with Crippen LogP contribution >= 0.6 is 0 Å². The van der Waals surface area contributed by atoms with Crippen LogP contribution in [0, 0.1) is 55.4 Å². The predicted molar refractivity (Wildman–Crippen MR) is 260 cm³/mol. The van der Waals surface area contributed by atoms with Gasteiger partial charge in [0.1, 0.15) is 23.0 Å². The summed E-state index contributed by atoms with van der Waals surface area (Å²) >= 11 is 0. The van der Waals surface area contributed by atoms with Gasteiger partial charge in [-0.1, -0.05) is 144 Å². The van der Waals surface area contributed by atoms with Crippen molar-refractivity contribution in [1.82, 2.24) is 0 Å². The Hall–Kier alpha value is -7.16. The molecule has 304 valence electrons. The quantitative estimate of drug-likeness (QED) is 0.176. The maximum absolute atomic E-state index is 6.65. The van der Waals surface area contributed by atoms with Crippen molar-refractivity contribution in [3.8, 4) is 23.0 Å². The molecule has 62 heavy (non-hydrogen) atoms. The van der Waals surface area contributed by atoms with E-state index in [1.807, 2.05) is 0 Å². The third-order valence-corrected chi connectivity index (χ3v) is 12.2. The molecule has 15 rings (SSSR count). The Morgan fingerprint density at radius 1 is 0.226 bits per heavy atom. The van der Waals surface area contributed by atoms with Crippen LogP contribution in [0.15, 0.2) is 170 Å². The van der Waals surface area contributed by atoms with E-state index in [0.717, 1.165) is 45.3 Å². The van der Waals surface area contributed by atoms with Crippen molar-refractivity contribution in [2.45, 2.75) is 55.4 Å². The van der Waals surface area contributed by atoms with E-state index in [9.17, 15) is 0 Å². The Balaban J connectivity index is 1.29. The first kappa shape index (κ1) is 40.3. The predicted octanol–water partition coefficient (Wildman–Crippen LogP) is 16.1. The summed E-state index contributed by atoms with van der Waals surface area (Å²) in [5, 5.41) is 0. The van der Waals surface area contributed by atoms with E-state index in [1.165, 1.54) is 89.1 Å². The molecule has 2 nitrogen and oxygen atoms in total. The van der Waals surface area contributed by atoms with E-state index in [0.29, 0.717) is 0 Å². The van der Waals surface area contributed by atoms with Gasteiger partial charge in [-0.2, -0.15) is 0 Å². The van der Waals surface area contributed by atoms with Crippen LogP contribution in [-0.2, 0) is 0 Å². The number of benzene rings is 8. The van der Waals surface area contributed by atoms with Crippen LogP contribution in [-0.4, -0.2) is 0 Å². The molecule has 0 spiro atoms. The van der Waals surface area contributed by atoms with Gasteiger partial charge in [0, 0.05) is 0 Å². The third kappa shape index (κ3) is 8.05. The first-order valence-electron chi connectivity index (χ1n) is 21.6. The van der Waals surface area contributed by atoms with Crippen LogP contribution < -0.4 is 9.47 Å². The standard InChI is InChI=1S/C60H52O2/c1-37-9-13-41(5)53(33-37)57-45-17-25-49(26-18-45)61-51-29-21-47(22-30-51)59(55-35-39(3)11-15-43(55)7)60(56-36-40(4)12-16-44(56)8)48-23-31-52(32-24-48)62-50-27-19-46(20-28-50)58(57)54-34-38(2)10-14-42(54)6/h9-36H,1-8H3/b58-57-,60-59-. The largest absolute Gasteiger partial charge is 0.457 e. The molecule has 2 heteroatoms. The fourth-order valence-electron chi connectivity index (χ4n) is 8.79. The fourth-order valence-corrected chi connectivity index (χ4v) is 8.79. The van der Waals surface area contributed by atoms with Crippen molar-refractivity contribution in [1.29, 1.82) is 0 Å². The first-order valence-corrected chi connectivity index (χ1v) is 21.6. The lowest BCUT2D eigenvalue weighted by Crippen LogP contribution is -2.02. The summed E-state index contributed by atoms with van der Waals surface area (Å²) in [6.07, 6.45) is 0. The van der Waals surface area contributed by atoms with Gasteiger partial charge in [0.25, 0.3) is 0 Å². The third-order valence-electron chi connectivity index (χ3n) is 12.2. The van der Waals surface area contributed by atoms with Gasteiger partial charge in [-0.3, -0.25) is 0 Å². The molecule has 0 amide bonds.